The lowest BCUT2D eigenvalue weighted by Crippen LogP contribution is -1.97. The average Bonchev–Trinajstić information content (AvgIpc) is 2.01. The molecule has 0 heterocycles. The van der Waals surface area contributed by atoms with E-state index in [1.54, 1.807) is 0 Å². The molecule has 0 aliphatic rings. The van der Waals surface area contributed by atoms with Crippen LogP contribution in [0.25, 0.3) is 0 Å². The van der Waals surface area contributed by atoms with Crippen LogP contribution in [0.5, 0.6) is 0 Å². The van der Waals surface area contributed by atoms with E-state index >= 15 is 0 Å². The number of benzene rings is 1. The van der Waals surface area contributed by atoms with Crippen molar-refractivity contribution in [1.82, 2.24) is 0 Å². The van der Waals surface area contributed by atoms with E-state index in [1.165, 1.54) is 0 Å². The van der Waals surface area contributed by atoms with Crippen molar-refractivity contribution in [2.24, 2.45) is 0 Å². The number of carbonyl (C=O) groups is 1. The summed E-state index contributed by atoms with van der Waals surface area (Å²) < 4.78 is 25.4. The van der Waals surface area contributed by atoms with E-state index in [0.717, 1.165) is 6.07 Å². The predicted octanol–water partition coefficient (Wildman–Crippen LogP) is 2.30. The molecule has 1 N–H and O–H groups in total. The van der Waals surface area contributed by atoms with Gasteiger partial charge in [0.2, 0.25) is 6.41 Å². The largest absolute Gasteiger partial charge is 0.326 e. The van der Waals surface area contributed by atoms with Crippen LogP contribution in [0.3, 0.4) is 0 Å². The molecule has 5 heteroatoms. The summed E-state index contributed by atoms with van der Waals surface area (Å²) in [7, 11) is 0. The lowest BCUT2D eigenvalue weighted by atomic mass is 10.3. The first kappa shape index (κ1) is 9.12. The van der Waals surface area contributed by atoms with Gasteiger partial charge >= 0.3 is 0 Å². The SMILES string of the molecule is O=CNc1cc(Br)c(F)cc1F. The topological polar surface area (TPSA) is 29.1 Å². The summed E-state index contributed by atoms with van der Waals surface area (Å²) in [6.45, 7) is 0. The van der Waals surface area contributed by atoms with Gasteiger partial charge in [0.25, 0.3) is 0 Å². The number of halogens is 3. The van der Waals surface area contributed by atoms with Crippen LogP contribution in [-0.2, 0) is 4.79 Å². The van der Waals surface area contributed by atoms with Crippen LogP contribution in [0.1, 0.15) is 0 Å². The van der Waals surface area contributed by atoms with E-state index in [2.05, 4.69) is 21.2 Å². The Labute approximate surface area is 75.7 Å². The summed E-state index contributed by atoms with van der Waals surface area (Å²) in [5, 5.41) is 2.09. The molecule has 12 heavy (non-hydrogen) atoms. The van der Waals surface area contributed by atoms with Crippen LogP contribution in [0, 0.1) is 11.6 Å². The molecule has 0 aliphatic heterocycles. The first-order valence-electron chi connectivity index (χ1n) is 3.00. The summed E-state index contributed by atoms with van der Waals surface area (Å²) in [4.78, 5) is 9.94. The Hall–Kier alpha value is -0.970. The van der Waals surface area contributed by atoms with E-state index in [1.807, 2.05) is 0 Å². The summed E-state index contributed by atoms with van der Waals surface area (Å²) in [5.41, 5.74) is -0.0572. The quantitative estimate of drug-likeness (QED) is 0.619. The van der Waals surface area contributed by atoms with Gasteiger partial charge in [-0.2, -0.15) is 0 Å². The maximum Gasteiger partial charge on any atom is 0.211 e. The Morgan fingerprint density at radius 3 is 2.58 bits per heavy atom. The third-order valence-electron chi connectivity index (χ3n) is 1.22. The second-order valence-electron chi connectivity index (χ2n) is 2.01. The fourth-order valence-corrected chi connectivity index (χ4v) is 1.04. The molecule has 0 bridgehead atoms. The molecule has 0 saturated heterocycles. The van der Waals surface area contributed by atoms with E-state index in [-0.39, 0.29) is 10.2 Å². The monoisotopic (exact) mass is 235 g/mol. The Bertz CT molecular complexity index is 317. The molecule has 0 saturated carbocycles. The Morgan fingerprint density at radius 1 is 1.33 bits per heavy atom. The minimum atomic E-state index is -0.803. The van der Waals surface area contributed by atoms with Crippen molar-refractivity contribution in [1.29, 1.82) is 0 Å². The van der Waals surface area contributed by atoms with Gasteiger partial charge in [-0.05, 0) is 22.0 Å². The predicted molar refractivity (Wildman–Crippen MR) is 43.7 cm³/mol. The van der Waals surface area contributed by atoms with Gasteiger partial charge in [-0.25, -0.2) is 8.78 Å². The summed E-state index contributed by atoms with van der Waals surface area (Å²) in [5.74, 6) is -1.51. The third-order valence-corrected chi connectivity index (χ3v) is 1.83. The Balaban J connectivity index is 3.13. The molecule has 1 amide bonds. The minimum Gasteiger partial charge on any atom is -0.326 e. The van der Waals surface area contributed by atoms with Crippen molar-refractivity contribution >= 4 is 28.0 Å². The van der Waals surface area contributed by atoms with Gasteiger partial charge in [-0.3, -0.25) is 4.79 Å². The van der Waals surface area contributed by atoms with Crippen LogP contribution >= 0.6 is 15.9 Å². The molecule has 0 radical (unpaired) electrons. The maximum atomic E-state index is 12.7. The molecule has 0 spiro atoms. The number of rotatable bonds is 2. The van der Waals surface area contributed by atoms with Gasteiger partial charge in [-0.15, -0.1) is 0 Å². The molecule has 0 aromatic heterocycles. The summed E-state index contributed by atoms with van der Waals surface area (Å²) in [6.07, 6.45) is 0.322. The van der Waals surface area contributed by atoms with E-state index in [0.29, 0.717) is 12.5 Å². The molecule has 1 aromatic carbocycles. The Morgan fingerprint density at radius 2 is 2.00 bits per heavy atom. The van der Waals surface area contributed by atoms with E-state index in [9.17, 15) is 13.6 Å². The molecule has 1 aromatic rings. The molecule has 0 aliphatic carbocycles. The fraction of sp³-hybridized carbons (Fsp3) is 0. The van der Waals surface area contributed by atoms with Crippen molar-refractivity contribution in [2.75, 3.05) is 5.32 Å². The number of hydrogen-bond acceptors (Lipinski definition) is 1. The molecule has 64 valence electrons. The van der Waals surface area contributed by atoms with Crippen molar-refractivity contribution < 1.29 is 13.6 Å². The second kappa shape index (κ2) is 3.62. The van der Waals surface area contributed by atoms with Crippen LogP contribution in [0.2, 0.25) is 0 Å². The first-order chi connectivity index (χ1) is 5.65. The van der Waals surface area contributed by atoms with Crippen LogP contribution in [0.4, 0.5) is 14.5 Å². The van der Waals surface area contributed by atoms with Crippen molar-refractivity contribution in [3.63, 3.8) is 0 Å². The van der Waals surface area contributed by atoms with Gasteiger partial charge in [0.15, 0.2) is 0 Å². The molecule has 0 fully saturated rings. The Kier molecular flexibility index (Phi) is 2.75. The lowest BCUT2D eigenvalue weighted by molar-refractivity contribution is -0.105. The zero-order chi connectivity index (χ0) is 9.14. The number of carbonyl (C=O) groups excluding carboxylic acids is 1. The highest BCUT2D eigenvalue weighted by molar-refractivity contribution is 9.10. The smallest absolute Gasteiger partial charge is 0.211 e. The summed E-state index contributed by atoms with van der Waals surface area (Å²) >= 11 is 2.85. The van der Waals surface area contributed by atoms with Crippen LogP contribution in [0.15, 0.2) is 16.6 Å². The highest BCUT2D eigenvalue weighted by Gasteiger charge is 2.06. The standard InChI is InChI=1S/C7H4BrF2NO/c8-4-1-7(11-3-12)6(10)2-5(4)9/h1-3H,(H,11,12). The van der Waals surface area contributed by atoms with Gasteiger partial charge in [0, 0.05) is 6.07 Å². The zero-order valence-corrected chi connectivity index (χ0v) is 7.36. The number of nitrogens with one attached hydrogen (secondary N) is 1. The second-order valence-corrected chi connectivity index (χ2v) is 2.86. The molecule has 2 nitrogen and oxygen atoms in total. The average molecular weight is 236 g/mol. The van der Waals surface area contributed by atoms with Crippen molar-refractivity contribution in [2.45, 2.75) is 0 Å². The molecular weight excluding hydrogens is 232 g/mol. The van der Waals surface area contributed by atoms with Gasteiger partial charge in [0.1, 0.15) is 11.6 Å². The minimum absolute atomic E-state index is 0.0572. The molecule has 0 atom stereocenters. The number of hydrogen-bond donors (Lipinski definition) is 1. The normalized spacial score (nSPS) is 9.58. The molecular formula is C7H4BrF2NO. The first-order valence-corrected chi connectivity index (χ1v) is 3.79. The number of anilines is 1. The zero-order valence-electron chi connectivity index (χ0n) is 5.77. The van der Waals surface area contributed by atoms with Crippen LogP contribution in [-0.4, -0.2) is 6.41 Å². The molecule has 1 rings (SSSR count). The van der Waals surface area contributed by atoms with Gasteiger partial charge in [-0.1, -0.05) is 0 Å². The number of amides is 1. The summed E-state index contributed by atoms with van der Waals surface area (Å²) in [6, 6.07) is 1.84. The van der Waals surface area contributed by atoms with Crippen molar-refractivity contribution in [3.8, 4) is 0 Å². The van der Waals surface area contributed by atoms with E-state index in [4.69, 9.17) is 0 Å². The van der Waals surface area contributed by atoms with E-state index < -0.39 is 11.6 Å². The lowest BCUT2D eigenvalue weighted by Gasteiger charge is -2.01. The van der Waals surface area contributed by atoms with Gasteiger partial charge < -0.3 is 5.32 Å². The highest BCUT2D eigenvalue weighted by Crippen LogP contribution is 2.22. The fourth-order valence-electron chi connectivity index (χ4n) is 0.697. The molecule has 0 unspecified atom stereocenters. The van der Waals surface area contributed by atoms with Gasteiger partial charge in [0.05, 0.1) is 10.2 Å². The van der Waals surface area contributed by atoms with Crippen molar-refractivity contribution in [3.05, 3.63) is 28.2 Å². The third kappa shape index (κ3) is 1.79. The maximum absolute atomic E-state index is 12.7. The van der Waals surface area contributed by atoms with Crippen LogP contribution < -0.4 is 5.32 Å². The highest BCUT2D eigenvalue weighted by atomic mass is 79.9.